The van der Waals surface area contributed by atoms with Crippen LogP contribution in [0.4, 0.5) is 4.79 Å². The highest BCUT2D eigenvalue weighted by atomic mass is 32.2. The van der Waals surface area contributed by atoms with Crippen LogP contribution in [0.3, 0.4) is 0 Å². The van der Waals surface area contributed by atoms with Gasteiger partial charge in [0.25, 0.3) is 0 Å². The minimum absolute atomic E-state index is 0.0583. The van der Waals surface area contributed by atoms with E-state index in [0.717, 1.165) is 25.0 Å². The molecule has 0 spiro atoms. The molecular formula is C10H17N3O3S. The summed E-state index contributed by atoms with van der Waals surface area (Å²) in [6.07, 6.45) is 3.11. The fourth-order valence-corrected chi connectivity index (χ4v) is 3.86. The zero-order valence-corrected chi connectivity index (χ0v) is 10.3. The van der Waals surface area contributed by atoms with Crippen molar-refractivity contribution in [1.29, 1.82) is 0 Å². The molecular weight excluding hydrogens is 242 g/mol. The third-order valence-electron chi connectivity index (χ3n) is 3.19. The van der Waals surface area contributed by atoms with Crippen molar-refractivity contribution in [2.75, 3.05) is 5.75 Å². The normalized spacial score (nSPS) is 30.6. The number of carbonyl (C=O) groups excluding carboxylic acids is 2. The Balaban J connectivity index is 1.66. The average Bonchev–Trinajstić information content (AvgIpc) is 2.84. The maximum atomic E-state index is 11.2. The Bertz CT molecular complexity index is 313. The second-order valence-electron chi connectivity index (χ2n) is 4.36. The highest BCUT2D eigenvalue weighted by Gasteiger charge is 2.42. The second-order valence-corrected chi connectivity index (χ2v) is 5.63. The molecule has 4 N–H and O–H groups in total. The molecule has 7 heteroatoms. The molecule has 2 heterocycles. The van der Waals surface area contributed by atoms with Crippen LogP contribution >= 0.6 is 11.8 Å². The van der Waals surface area contributed by atoms with E-state index in [1.54, 1.807) is 0 Å². The SMILES string of the molecule is NOC(=O)CCCCC1SC[C@@H]2NC(=O)N[C@H]12. The smallest absolute Gasteiger partial charge is 0.324 e. The quantitative estimate of drug-likeness (QED) is 0.371. The Morgan fingerprint density at radius 2 is 2.29 bits per heavy atom. The van der Waals surface area contributed by atoms with Gasteiger partial charge in [0.1, 0.15) is 0 Å². The van der Waals surface area contributed by atoms with E-state index >= 15 is 0 Å². The number of carbonyl (C=O) groups is 2. The third-order valence-corrected chi connectivity index (χ3v) is 4.70. The van der Waals surface area contributed by atoms with Gasteiger partial charge in [0.15, 0.2) is 0 Å². The summed E-state index contributed by atoms with van der Waals surface area (Å²) in [4.78, 5) is 26.1. The minimum Gasteiger partial charge on any atom is -0.373 e. The van der Waals surface area contributed by atoms with Gasteiger partial charge < -0.3 is 15.5 Å². The Labute approximate surface area is 104 Å². The summed E-state index contributed by atoms with van der Waals surface area (Å²) in [7, 11) is 0. The topological polar surface area (TPSA) is 93.4 Å². The fourth-order valence-electron chi connectivity index (χ4n) is 2.32. The summed E-state index contributed by atoms with van der Waals surface area (Å²) in [5.74, 6) is 5.36. The molecule has 6 nitrogen and oxygen atoms in total. The van der Waals surface area contributed by atoms with Crippen molar-refractivity contribution in [2.24, 2.45) is 5.90 Å². The summed E-state index contributed by atoms with van der Waals surface area (Å²) in [6.45, 7) is 0. The van der Waals surface area contributed by atoms with Crippen molar-refractivity contribution in [3.8, 4) is 0 Å². The number of hydrogen-bond donors (Lipinski definition) is 3. The molecule has 2 saturated heterocycles. The van der Waals surface area contributed by atoms with Gasteiger partial charge >= 0.3 is 12.0 Å². The van der Waals surface area contributed by atoms with E-state index < -0.39 is 0 Å². The second kappa shape index (κ2) is 5.59. The number of fused-ring (bicyclic) bond motifs is 1. The number of nitrogens with one attached hydrogen (secondary N) is 2. The number of amides is 2. The molecule has 96 valence electrons. The third kappa shape index (κ3) is 3.04. The van der Waals surface area contributed by atoms with E-state index in [1.807, 2.05) is 11.8 Å². The summed E-state index contributed by atoms with van der Waals surface area (Å²) >= 11 is 1.88. The molecule has 2 aliphatic heterocycles. The molecule has 2 amide bonds. The number of urea groups is 1. The standard InChI is InChI=1S/C10H17N3O3S/c11-16-8(14)4-2-1-3-7-9-6(5-17-7)12-10(15)13-9/h6-7,9H,1-5,11H2,(H2,12,13,15)/t6-,7?,9-/m0/s1. The number of hydrogen-bond acceptors (Lipinski definition) is 5. The largest absolute Gasteiger partial charge is 0.373 e. The van der Waals surface area contributed by atoms with Crippen molar-refractivity contribution in [3.63, 3.8) is 0 Å². The van der Waals surface area contributed by atoms with Gasteiger partial charge in [-0.15, -0.1) is 0 Å². The molecule has 1 unspecified atom stereocenters. The van der Waals surface area contributed by atoms with Crippen LogP contribution in [0.2, 0.25) is 0 Å². The van der Waals surface area contributed by atoms with E-state index in [2.05, 4.69) is 15.5 Å². The maximum absolute atomic E-state index is 11.2. The van der Waals surface area contributed by atoms with Gasteiger partial charge in [0, 0.05) is 17.4 Å². The van der Waals surface area contributed by atoms with Gasteiger partial charge in [-0.3, -0.25) is 4.79 Å². The van der Waals surface area contributed by atoms with Crippen LogP contribution in [-0.2, 0) is 9.63 Å². The molecule has 0 aliphatic carbocycles. The van der Waals surface area contributed by atoms with Crippen molar-refractivity contribution in [2.45, 2.75) is 43.0 Å². The molecule has 17 heavy (non-hydrogen) atoms. The van der Waals surface area contributed by atoms with Crippen LogP contribution in [0.25, 0.3) is 0 Å². The van der Waals surface area contributed by atoms with Gasteiger partial charge in [-0.1, -0.05) is 6.42 Å². The zero-order valence-electron chi connectivity index (χ0n) is 9.48. The van der Waals surface area contributed by atoms with Crippen molar-refractivity contribution < 1.29 is 14.4 Å². The highest BCUT2D eigenvalue weighted by Crippen LogP contribution is 2.33. The maximum Gasteiger partial charge on any atom is 0.324 e. The van der Waals surface area contributed by atoms with E-state index in [9.17, 15) is 9.59 Å². The molecule has 2 fully saturated rings. The van der Waals surface area contributed by atoms with Crippen LogP contribution in [0.15, 0.2) is 0 Å². The lowest BCUT2D eigenvalue weighted by Gasteiger charge is -2.16. The van der Waals surface area contributed by atoms with Gasteiger partial charge in [0.05, 0.1) is 12.1 Å². The lowest BCUT2D eigenvalue weighted by atomic mass is 10.0. The summed E-state index contributed by atoms with van der Waals surface area (Å²) in [5, 5.41) is 6.30. The summed E-state index contributed by atoms with van der Waals surface area (Å²) < 4.78 is 0. The first-order chi connectivity index (χ1) is 8.20. The van der Waals surface area contributed by atoms with Gasteiger partial charge in [0.2, 0.25) is 0 Å². The first-order valence-electron chi connectivity index (χ1n) is 5.79. The van der Waals surface area contributed by atoms with Crippen LogP contribution in [-0.4, -0.2) is 35.1 Å². The zero-order chi connectivity index (χ0) is 12.3. The number of unbranched alkanes of at least 4 members (excludes halogenated alkanes) is 1. The molecule has 0 radical (unpaired) electrons. The van der Waals surface area contributed by atoms with E-state index in [1.165, 1.54) is 0 Å². The first-order valence-corrected chi connectivity index (χ1v) is 6.84. The van der Waals surface area contributed by atoms with Crippen LogP contribution < -0.4 is 16.5 Å². The van der Waals surface area contributed by atoms with Crippen molar-refractivity contribution in [1.82, 2.24) is 10.6 Å². The van der Waals surface area contributed by atoms with Crippen LogP contribution in [0, 0.1) is 0 Å². The monoisotopic (exact) mass is 259 g/mol. The minimum atomic E-state index is -0.363. The predicted molar refractivity (Wildman–Crippen MR) is 64.2 cm³/mol. The molecule has 0 saturated carbocycles. The lowest BCUT2D eigenvalue weighted by Crippen LogP contribution is -2.36. The Morgan fingerprint density at radius 3 is 3.06 bits per heavy atom. The lowest BCUT2D eigenvalue weighted by molar-refractivity contribution is -0.144. The van der Waals surface area contributed by atoms with Crippen molar-refractivity contribution in [3.05, 3.63) is 0 Å². The molecule has 0 aromatic heterocycles. The Hall–Kier alpha value is -0.950. The Kier molecular flexibility index (Phi) is 4.11. The molecule has 3 atom stereocenters. The summed E-state index contributed by atoms with van der Waals surface area (Å²) in [6, 6.07) is 0.456. The Morgan fingerprint density at radius 1 is 1.47 bits per heavy atom. The molecule has 0 aromatic carbocycles. The summed E-state index contributed by atoms with van der Waals surface area (Å²) in [5.41, 5.74) is 0. The number of nitrogens with two attached hydrogens (primary N) is 1. The van der Waals surface area contributed by atoms with Crippen LogP contribution in [0.1, 0.15) is 25.7 Å². The first kappa shape index (κ1) is 12.5. The van der Waals surface area contributed by atoms with Gasteiger partial charge in [-0.05, 0) is 12.8 Å². The molecule has 2 rings (SSSR count). The van der Waals surface area contributed by atoms with E-state index in [0.29, 0.717) is 11.7 Å². The average molecular weight is 259 g/mol. The van der Waals surface area contributed by atoms with Gasteiger partial charge in [-0.2, -0.15) is 17.7 Å². The fraction of sp³-hybridized carbons (Fsp3) is 0.800. The van der Waals surface area contributed by atoms with E-state index in [-0.39, 0.29) is 24.1 Å². The van der Waals surface area contributed by atoms with Gasteiger partial charge in [-0.25, -0.2) is 4.79 Å². The molecule has 2 aliphatic rings. The van der Waals surface area contributed by atoms with Crippen LogP contribution in [0.5, 0.6) is 0 Å². The molecule has 0 bridgehead atoms. The van der Waals surface area contributed by atoms with E-state index in [4.69, 9.17) is 5.90 Å². The van der Waals surface area contributed by atoms with Crippen molar-refractivity contribution >= 4 is 23.8 Å². The predicted octanol–water partition coefficient (Wildman–Crippen LogP) is 0.129. The number of thioether (sulfide) groups is 1. The molecule has 0 aromatic rings. The number of rotatable bonds is 5. The highest BCUT2D eigenvalue weighted by molar-refractivity contribution is 8.00.